The number of ether oxygens (including phenoxy) is 2. The fraction of sp³-hybridized carbons (Fsp3) is 0.839. The molecular formula is C62H112O2S2Sn. The Hall–Kier alpha value is -0.461. The van der Waals surface area contributed by atoms with Crippen molar-refractivity contribution in [3.8, 4) is 11.5 Å². The van der Waals surface area contributed by atoms with E-state index in [2.05, 4.69) is 72.9 Å². The first-order valence-electron chi connectivity index (χ1n) is 30.0. The molecule has 2 unspecified atom stereocenters. The average Bonchev–Trinajstić information content (AvgIpc) is 3.94. The van der Waals surface area contributed by atoms with Crippen LogP contribution in [0.15, 0.2) is 12.1 Å². The van der Waals surface area contributed by atoms with Crippen LogP contribution in [0.5, 0.6) is 11.5 Å². The number of benzene rings is 1. The van der Waals surface area contributed by atoms with Crippen LogP contribution >= 0.6 is 22.7 Å². The minimum absolute atomic E-state index is 0.638. The fourth-order valence-electron chi connectivity index (χ4n) is 10.5. The first-order chi connectivity index (χ1) is 32.7. The molecule has 0 N–H and O–H groups in total. The number of rotatable bonds is 47. The molecule has 0 amide bonds. The summed E-state index contributed by atoms with van der Waals surface area (Å²) < 4.78 is 18.9. The fourth-order valence-corrected chi connectivity index (χ4v) is 17.9. The molecule has 2 atom stereocenters. The Morgan fingerprint density at radius 3 is 0.940 bits per heavy atom. The second-order valence-corrected chi connectivity index (χ2v) is 40.4. The van der Waals surface area contributed by atoms with Crippen molar-refractivity contribution < 1.29 is 9.47 Å². The van der Waals surface area contributed by atoms with Gasteiger partial charge in [0.15, 0.2) is 0 Å². The van der Waals surface area contributed by atoms with Gasteiger partial charge in [-0.25, -0.2) is 0 Å². The summed E-state index contributed by atoms with van der Waals surface area (Å²) in [5.74, 6) is 3.63. The zero-order chi connectivity index (χ0) is 48.2. The van der Waals surface area contributed by atoms with Crippen LogP contribution in [-0.4, -0.2) is 31.6 Å². The van der Waals surface area contributed by atoms with Crippen molar-refractivity contribution >= 4 is 64.1 Å². The quantitative estimate of drug-likeness (QED) is 0.0415. The third-order valence-corrected chi connectivity index (χ3v) is 26.6. The molecule has 2 aromatic heterocycles. The van der Waals surface area contributed by atoms with Gasteiger partial charge in [0, 0.05) is 0 Å². The van der Waals surface area contributed by atoms with E-state index in [4.69, 9.17) is 9.47 Å². The predicted octanol–water partition coefficient (Wildman–Crippen LogP) is 22.6. The SMILES string of the molecule is CCCCCCCCCCCCC(CCCCCCCCCC)COc1c2c[c]([Sn]([CH3])([CH3])[CH3])sc2c(OCC(CCCCCCCCCC)CCCCCCCCCCCC)c2cc(C)sc12. The Kier molecular flexibility index (Phi) is 35.5. The molecule has 0 aliphatic carbocycles. The number of aryl methyl sites for hydroxylation is 1. The molecule has 0 bridgehead atoms. The van der Waals surface area contributed by atoms with Gasteiger partial charge >= 0.3 is 277 Å². The van der Waals surface area contributed by atoms with E-state index < -0.39 is 18.4 Å². The second-order valence-electron chi connectivity index (χ2n) is 22.7. The van der Waals surface area contributed by atoms with Gasteiger partial charge in [0.25, 0.3) is 0 Å². The van der Waals surface area contributed by atoms with E-state index in [1.807, 2.05) is 11.3 Å². The van der Waals surface area contributed by atoms with Crippen LogP contribution in [0.2, 0.25) is 14.8 Å². The molecule has 0 aliphatic heterocycles. The van der Waals surface area contributed by atoms with Gasteiger partial charge in [-0.15, -0.1) is 0 Å². The van der Waals surface area contributed by atoms with Gasteiger partial charge in [-0.05, 0) is 0 Å². The molecule has 67 heavy (non-hydrogen) atoms. The van der Waals surface area contributed by atoms with E-state index in [-0.39, 0.29) is 0 Å². The van der Waals surface area contributed by atoms with Crippen LogP contribution < -0.4 is 12.4 Å². The predicted molar refractivity (Wildman–Crippen MR) is 310 cm³/mol. The number of hydrogen-bond acceptors (Lipinski definition) is 4. The van der Waals surface area contributed by atoms with Gasteiger partial charge in [0.1, 0.15) is 0 Å². The molecule has 2 nitrogen and oxygen atoms in total. The van der Waals surface area contributed by atoms with Crippen molar-refractivity contribution in [2.45, 2.75) is 306 Å². The summed E-state index contributed by atoms with van der Waals surface area (Å²) in [6, 6.07) is 5.03. The maximum atomic E-state index is 7.29. The Bertz CT molecular complexity index is 1490. The number of thiophene rings is 2. The molecule has 3 aromatic rings. The zero-order valence-corrected chi connectivity index (χ0v) is 50.6. The van der Waals surface area contributed by atoms with Crippen LogP contribution in [0, 0.1) is 18.8 Å². The molecule has 0 radical (unpaired) electrons. The molecule has 5 heteroatoms. The molecule has 0 saturated heterocycles. The number of fused-ring (bicyclic) bond motifs is 2. The molecular weight excluding hydrogens is 960 g/mol. The van der Waals surface area contributed by atoms with Crippen LogP contribution in [0.3, 0.4) is 0 Å². The van der Waals surface area contributed by atoms with E-state index in [0.717, 1.165) is 13.2 Å². The maximum absolute atomic E-state index is 7.29. The summed E-state index contributed by atoms with van der Waals surface area (Å²) in [7, 11) is 0. The van der Waals surface area contributed by atoms with Crippen LogP contribution in [-0.2, 0) is 0 Å². The standard InChI is InChI=1S/C59H103O2S2.3CH3.Sn/c1-6-10-14-18-22-26-28-32-36-40-43-52(42-38-34-30-24-20-16-12-8-3)49-60-56-54-46-47-62-58(54)57(55-48-51(5)63-59(55)56)61-50-53(44-39-35-31-25-21-17-13-9-4)45-41-37-33-29-27-23-19-15-11-7-2;;;;/h46,48,52-53H,6-45,49-50H2,1-5H3;3*1H3;. The van der Waals surface area contributed by atoms with Gasteiger partial charge in [-0.2, -0.15) is 0 Å². The summed E-state index contributed by atoms with van der Waals surface area (Å²) in [6.45, 7) is 13.3. The summed E-state index contributed by atoms with van der Waals surface area (Å²) in [4.78, 5) is 9.14. The molecule has 3 rings (SSSR count). The Morgan fingerprint density at radius 2 is 0.642 bits per heavy atom. The molecule has 0 saturated carbocycles. The Morgan fingerprint density at radius 1 is 0.373 bits per heavy atom. The van der Waals surface area contributed by atoms with E-state index >= 15 is 0 Å². The van der Waals surface area contributed by atoms with Gasteiger partial charge in [-0.1, -0.05) is 156 Å². The first-order valence-corrected chi connectivity index (χ1v) is 41.6. The van der Waals surface area contributed by atoms with Crippen molar-refractivity contribution in [3.63, 3.8) is 0 Å². The molecule has 1 aromatic carbocycles. The average molecular weight is 1070 g/mol. The van der Waals surface area contributed by atoms with E-state index in [0.29, 0.717) is 11.8 Å². The van der Waals surface area contributed by atoms with Crippen LogP contribution in [0.25, 0.3) is 20.2 Å². The number of hydrogen-bond donors (Lipinski definition) is 0. The van der Waals surface area contributed by atoms with Crippen LogP contribution in [0.4, 0.5) is 0 Å². The van der Waals surface area contributed by atoms with Crippen LogP contribution in [0.1, 0.15) is 289 Å². The molecule has 2 heterocycles. The molecule has 0 spiro atoms. The first kappa shape index (κ1) is 60.8. The van der Waals surface area contributed by atoms with Gasteiger partial charge < -0.3 is 0 Å². The van der Waals surface area contributed by atoms with Crippen molar-refractivity contribution in [1.29, 1.82) is 0 Å². The zero-order valence-electron chi connectivity index (χ0n) is 46.1. The molecule has 0 aliphatic rings. The third kappa shape index (κ3) is 26.7. The molecule has 0 fully saturated rings. The minimum atomic E-state index is -2.40. The second kappa shape index (κ2) is 39.1. The van der Waals surface area contributed by atoms with Crippen molar-refractivity contribution in [3.05, 3.63) is 17.0 Å². The van der Waals surface area contributed by atoms with E-state index in [9.17, 15) is 0 Å². The van der Waals surface area contributed by atoms with Gasteiger partial charge in [-0.3, -0.25) is 0 Å². The summed E-state index contributed by atoms with van der Waals surface area (Å²) in [5, 5.41) is 2.68. The third-order valence-electron chi connectivity index (χ3n) is 15.0. The summed E-state index contributed by atoms with van der Waals surface area (Å²) >= 11 is 1.62. The monoisotopic (exact) mass is 1070 g/mol. The van der Waals surface area contributed by atoms with Gasteiger partial charge in [0.05, 0.1) is 0 Å². The number of unbranched alkanes of at least 4 members (excludes halogenated alkanes) is 32. The summed E-state index contributed by atoms with van der Waals surface area (Å²) in [6.07, 6.45) is 55.7. The van der Waals surface area contributed by atoms with Crippen molar-refractivity contribution in [2.24, 2.45) is 11.8 Å². The molecule has 388 valence electrons. The van der Waals surface area contributed by atoms with Crippen molar-refractivity contribution in [1.82, 2.24) is 0 Å². The summed E-state index contributed by atoms with van der Waals surface area (Å²) in [5.41, 5.74) is 0. The van der Waals surface area contributed by atoms with E-state index in [1.165, 1.54) is 293 Å². The van der Waals surface area contributed by atoms with Crippen molar-refractivity contribution in [2.75, 3.05) is 13.2 Å². The van der Waals surface area contributed by atoms with E-state index in [1.54, 1.807) is 2.89 Å². The Labute approximate surface area is 430 Å². The Balaban J connectivity index is 1.76. The van der Waals surface area contributed by atoms with Gasteiger partial charge in [0.2, 0.25) is 0 Å². The normalized spacial score (nSPS) is 13.1. The topological polar surface area (TPSA) is 18.5 Å².